The van der Waals surface area contributed by atoms with Gasteiger partial charge in [0.1, 0.15) is 36.3 Å². The van der Waals surface area contributed by atoms with E-state index < -0.39 is 53.7 Å². The number of aliphatic hydroxyl groups is 3. The Morgan fingerprint density at radius 2 is 1.72 bits per heavy atom. The number of pyridine rings is 1. The molecule has 64 heavy (non-hydrogen) atoms. The van der Waals surface area contributed by atoms with Crippen LogP contribution in [0.3, 0.4) is 0 Å². The number of hydrogen-bond donors (Lipinski definition) is 6. The minimum atomic E-state index is -1.28. The van der Waals surface area contributed by atoms with Crippen LogP contribution in [0.5, 0.6) is 17.4 Å². The molecule has 1 fully saturated rings. The van der Waals surface area contributed by atoms with E-state index in [9.17, 15) is 34.5 Å². The molecule has 2 aliphatic rings. The number of aromatic nitrogens is 3. The van der Waals surface area contributed by atoms with Crippen molar-refractivity contribution in [2.75, 3.05) is 17.2 Å². The fourth-order valence-electron chi connectivity index (χ4n) is 8.33. The maximum atomic E-state index is 15.5. The zero-order valence-corrected chi connectivity index (χ0v) is 35.6. The fourth-order valence-corrected chi connectivity index (χ4v) is 8.33. The molecule has 0 spiro atoms. The van der Waals surface area contributed by atoms with E-state index in [1.165, 1.54) is 23.4 Å². The van der Waals surface area contributed by atoms with Gasteiger partial charge in [-0.2, -0.15) is 0 Å². The molecule has 4 atom stereocenters. The lowest BCUT2D eigenvalue weighted by Gasteiger charge is -2.34. The zero-order chi connectivity index (χ0) is 45.4. The second kappa shape index (κ2) is 18.1. The van der Waals surface area contributed by atoms with Crippen LogP contribution in [-0.2, 0) is 23.1 Å². The van der Waals surface area contributed by atoms with Gasteiger partial charge in [0.05, 0.1) is 29.1 Å². The van der Waals surface area contributed by atoms with Crippen LogP contribution in [0.15, 0.2) is 77.9 Å². The number of aliphatic hydroxyl groups excluding tert-OH is 3. The summed E-state index contributed by atoms with van der Waals surface area (Å²) in [6.45, 7) is 5.87. The molecule has 4 heterocycles. The highest BCUT2D eigenvalue weighted by Gasteiger charge is 2.45. The van der Waals surface area contributed by atoms with Gasteiger partial charge in [0.15, 0.2) is 11.6 Å². The number of anilines is 2. The van der Waals surface area contributed by atoms with Gasteiger partial charge in [-0.3, -0.25) is 24.5 Å². The van der Waals surface area contributed by atoms with E-state index in [0.29, 0.717) is 75.9 Å². The molecule has 0 saturated carbocycles. The Morgan fingerprint density at radius 1 is 0.938 bits per heavy atom. The van der Waals surface area contributed by atoms with Crippen molar-refractivity contribution < 1.29 is 43.6 Å². The van der Waals surface area contributed by atoms with Gasteiger partial charge in [0.25, 0.3) is 5.91 Å². The van der Waals surface area contributed by atoms with Crippen molar-refractivity contribution in [3.05, 3.63) is 123 Å². The maximum Gasteiger partial charge on any atom is 0.261 e. The predicted octanol–water partition coefficient (Wildman–Crippen LogP) is 5.93. The first-order valence-corrected chi connectivity index (χ1v) is 21.1. The van der Waals surface area contributed by atoms with Crippen molar-refractivity contribution in [1.29, 1.82) is 0 Å². The average Bonchev–Trinajstić information content (AvgIpc) is 3.51. The number of carbonyl (C=O) groups is 3. The third kappa shape index (κ3) is 8.62. The van der Waals surface area contributed by atoms with Crippen molar-refractivity contribution in [3.8, 4) is 17.4 Å². The van der Waals surface area contributed by atoms with E-state index in [1.54, 1.807) is 54.9 Å². The van der Waals surface area contributed by atoms with Crippen LogP contribution < -0.4 is 30.9 Å². The van der Waals surface area contributed by atoms with Gasteiger partial charge >= 0.3 is 0 Å². The number of benzene rings is 4. The number of nitrogens with one attached hydrogen (secondary N) is 3. The highest BCUT2D eigenvalue weighted by molar-refractivity contribution is 6.07. The Bertz CT molecular complexity index is 2890. The van der Waals surface area contributed by atoms with Crippen LogP contribution in [0.25, 0.3) is 21.8 Å². The zero-order valence-electron chi connectivity index (χ0n) is 35.6. The van der Waals surface area contributed by atoms with Gasteiger partial charge in [0.2, 0.25) is 23.1 Å². The standard InChI is InChI=1S/C47H48FN7O9/c1-5-26-9-13-35-32(19-26)42(58)41(25(3)54(35)4)44(60)52-28-11-15-37(33(48)21-28)64-45-31-18-24(2)38(22-34(31)49-23-50-45)63-17-7-6-8-39(56)51-27-10-12-29-30(20-27)47(62)55(46(29)61)36-14-16-40(57)53-43(36)59/h9-13,15,18-23,36,39,46-47,51,56,61-62H,5-8,14,16-17H2,1-4H3,(H,52,60)(H,53,57,59). The highest BCUT2D eigenvalue weighted by atomic mass is 19.1. The van der Waals surface area contributed by atoms with Crippen molar-refractivity contribution in [2.24, 2.45) is 7.05 Å². The van der Waals surface area contributed by atoms with Crippen LogP contribution in [0.2, 0.25) is 0 Å². The lowest BCUT2D eigenvalue weighted by atomic mass is 10.0. The summed E-state index contributed by atoms with van der Waals surface area (Å²) < 4.78 is 29.3. The number of aryl methyl sites for hydroxylation is 3. The molecule has 8 rings (SSSR count). The average molecular weight is 874 g/mol. The molecule has 332 valence electrons. The third-order valence-corrected chi connectivity index (χ3v) is 11.9. The van der Waals surface area contributed by atoms with Crippen LogP contribution in [0.1, 0.15) is 89.8 Å². The summed E-state index contributed by atoms with van der Waals surface area (Å²) in [6, 6.07) is 17.2. The molecule has 4 aromatic carbocycles. The van der Waals surface area contributed by atoms with E-state index in [2.05, 4.69) is 25.9 Å². The van der Waals surface area contributed by atoms with E-state index in [1.807, 2.05) is 26.0 Å². The van der Waals surface area contributed by atoms with Gasteiger partial charge in [-0.05, 0) is 99.5 Å². The number of unbranched alkanes of at least 4 members (excludes halogenated alkanes) is 1. The summed E-state index contributed by atoms with van der Waals surface area (Å²) in [6.07, 6.45) is 0.470. The molecule has 2 aliphatic heterocycles. The number of amides is 3. The molecule has 1 saturated heterocycles. The summed E-state index contributed by atoms with van der Waals surface area (Å²) in [7, 11) is 1.79. The van der Waals surface area contributed by atoms with E-state index in [0.717, 1.165) is 23.6 Å². The van der Waals surface area contributed by atoms with Crippen LogP contribution in [-0.4, -0.2) is 71.4 Å². The van der Waals surface area contributed by atoms with Gasteiger partial charge in [-0.1, -0.05) is 19.1 Å². The van der Waals surface area contributed by atoms with Crippen LogP contribution in [0.4, 0.5) is 15.8 Å². The molecule has 2 aromatic heterocycles. The summed E-state index contributed by atoms with van der Waals surface area (Å²) in [5.74, 6) is -1.83. The van der Waals surface area contributed by atoms with Crippen molar-refractivity contribution >= 4 is 50.9 Å². The van der Waals surface area contributed by atoms with Crippen molar-refractivity contribution in [3.63, 3.8) is 0 Å². The number of nitrogens with zero attached hydrogens (tertiary/aromatic N) is 4. The van der Waals surface area contributed by atoms with Gasteiger partial charge in [-0.15, -0.1) is 0 Å². The number of ether oxygens (including phenoxy) is 2. The van der Waals surface area contributed by atoms with E-state index in [-0.39, 0.29) is 35.7 Å². The summed E-state index contributed by atoms with van der Waals surface area (Å²) >= 11 is 0. The topological polar surface area (TPSA) is 217 Å². The first-order chi connectivity index (χ1) is 30.7. The van der Waals surface area contributed by atoms with Crippen LogP contribution >= 0.6 is 0 Å². The molecule has 6 aromatic rings. The first kappa shape index (κ1) is 43.8. The number of rotatable bonds is 14. The second-order valence-corrected chi connectivity index (χ2v) is 16.1. The van der Waals surface area contributed by atoms with E-state index >= 15 is 4.39 Å². The maximum absolute atomic E-state index is 15.5. The molecule has 0 bridgehead atoms. The Morgan fingerprint density at radius 3 is 2.48 bits per heavy atom. The molecular weight excluding hydrogens is 826 g/mol. The first-order valence-electron chi connectivity index (χ1n) is 21.1. The molecule has 4 unspecified atom stereocenters. The summed E-state index contributed by atoms with van der Waals surface area (Å²) in [5, 5.41) is 41.5. The van der Waals surface area contributed by atoms with Crippen molar-refractivity contribution in [2.45, 2.75) is 84.0 Å². The number of imide groups is 1. The number of fused-ring (bicyclic) bond motifs is 3. The Kier molecular flexibility index (Phi) is 12.4. The SMILES string of the molecule is CCc1ccc2c(c1)c(=O)c(C(=O)Nc1ccc(Oc3ncnc4cc(OCCCCC(O)Nc5ccc6c(c5)C(O)N(C5CCC(=O)NC5=O)C6O)c(C)cc34)c(F)c1)c(C)n2C. The van der Waals surface area contributed by atoms with E-state index in [4.69, 9.17) is 9.47 Å². The fraction of sp³-hybridized carbons (Fsp3) is 0.319. The molecular formula is C47H48FN7O9. The normalized spacial score (nSPS) is 17.9. The number of halogens is 1. The Balaban J connectivity index is 0.847. The molecule has 0 aliphatic carbocycles. The van der Waals surface area contributed by atoms with Crippen molar-refractivity contribution in [1.82, 2.24) is 24.8 Å². The third-order valence-electron chi connectivity index (χ3n) is 11.9. The number of carbonyl (C=O) groups excluding carboxylic acids is 3. The van der Waals surface area contributed by atoms with Gasteiger partial charge < -0.3 is 40.0 Å². The Hall–Kier alpha value is -6.79. The minimum absolute atomic E-state index is 0.0243. The summed E-state index contributed by atoms with van der Waals surface area (Å²) in [4.78, 5) is 60.9. The lowest BCUT2D eigenvalue weighted by Crippen LogP contribution is -2.52. The number of hydrogen-bond acceptors (Lipinski definition) is 13. The highest BCUT2D eigenvalue weighted by Crippen LogP contribution is 2.43. The molecule has 0 radical (unpaired) electrons. The lowest BCUT2D eigenvalue weighted by molar-refractivity contribution is -0.154. The monoisotopic (exact) mass is 873 g/mol. The van der Waals surface area contributed by atoms with Gasteiger partial charge in [0, 0.05) is 59.2 Å². The molecule has 16 nitrogen and oxygen atoms in total. The molecule has 6 N–H and O–H groups in total. The van der Waals surface area contributed by atoms with Gasteiger partial charge in [-0.25, -0.2) is 19.3 Å². The second-order valence-electron chi connectivity index (χ2n) is 16.1. The molecule has 3 amide bonds. The number of piperidine rings is 1. The largest absolute Gasteiger partial charge is 0.493 e. The quantitative estimate of drug-likeness (QED) is 0.0426. The smallest absolute Gasteiger partial charge is 0.261 e. The van der Waals surface area contributed by atoms with Crippen LogP contribution in [0, 0.1) is 19.7 Å². The summed E-state index contributed by atoms with van der Waals surface area (Å²) in [5.41, 5.74) is 4.49. The predicted molar refractivity (Wildman–Crippen MR) is 235 cm³/mol. The Labute approximate surface area is 366 Å². The minimum Gasteiger partial charge on any atom is -0.493 e. The molecule has 17 heteroatoms.